The van der Waals surface area contributed by atoms with Crippen LogP contribution >= 0.6 is 34.7 Å². The van der Waals surface area contributed by atoms with Gasteiger partial charge in [0.2, 0.25) is 11.0 Å². The summed E-state index contributed by atoms with van der Waals surface area (Å²) in [6.45, 7) is 0.285. The lowest BCUT2D eigenvalue weighted by Gasteiger charge is -2.08. The fraction of sp³-hybridized carbons (Fsp3) is 0.158. The van der Waals surface area contributed by atoms with Gasteiger partial charge < -0.3 is 5.32 Å². The number of anilines is 1. The Morgan fingerprint density at radius 3 is 2.61 bits per heavy atom. The summed E-state index contributed by atoms with van der Waals surface area (Å²) >= 11 is 8.16. The van der Waals surface area contributed by atoms with Crippen molar-refractivity contribution >= 4 is 51.6 Å². The number of carbonyl (C=O) groups is 2. The van der Waals surface area contributed by atoms with E-state index in [9.17, 15) is 22.8 Å². The molecule has 0 aliphatic heterocycles. The smallest absolute Gasteiger partial charge is 0.351 e. The molecule has 0 saturated heterocycles. The van der Waals surface area contributed by atoms with Gasteiger partial charge in [-0.25, -0.2) is 0 Å². The highest BCUT2D eigenvalue weighted by Crippen LogP contribution is 2.30. The van der Waals surface area contributed by atoms with E-state index in [1.807, 2.05) is 6.07 Å². The molecule has 0 spiro atoms. The number of amides is 2. The van der Waals surface area contributed by atoms with Gasteiger partial charge in [-0.15, -0.1) is 10.2 Å². The van der Waals surface area contributed by atoms with Crippen molar-refractivity contribution in [2.45, 2.75) is 17.1 Å². The van der Waals surface area contributed by atoms with E-state index >= 15 is 0 Å². The Balaban J connectivity index is 1.50. The number of halogens is 4. The minimum absolute atomic E-state index is 0.0701. The highest BCUT2D eigenvalue weighted by atomic mass is 35.5. The standard InChI is InChI=1S/C19H14ClF3N4O2S2/c20-14-7-2-1-4-12(14)9-24-15(28)10-30-18-27-26-17(31-18)25-16(29)11-5-3-6-13(8-11)19(21,22)23/h1-8H,9-10H2,(H,24,28)(H,25,26,29). The lowest BCUT2D eigenvalue weighted by Crippen LogP contribution is -2.24. The van der Waals surface area contributed by atoms with Crippen LogP contribution in [0.15, 0.2) is 52.9 Å². The van der Waals surface area contributed by atoms with Gasteiger partial charge >= 0.3 is 6.18 Å². The predicted octanol–water partition coefficient (Wildman–Crippen LogP) is 4.87. The molecule has 0 radical (unpaired) electrons. The lowest BCUT2D eigenvalue weighted by atomic mass is 10.1. The van der Waals surface area contributed by atoms with Gasteiger partial charge in [0.25, 0.3) is 5.91 Å². The third-order valence-corrected chi connectivity index (χ3v) is 6.18. The molecule has 31 heavy (non-hydrogen) atoms. The molecule has 0 atom stereocenters. The maximum Gasteiger partial charge on any atom is 0.416 e. The minimum atomic E-state index is -4.55. The second kappa shape index (κ2) is 10.1. The number of nitrogens with one attached hydrogen (secondary N) is 2. The van der Waals surface area contributed by atoms with Crippen molar-refractivity contribution in [2.75, 3.05) is 11.1 Å². The SMILES string of the molecule is O=C(CSc1nnc(NC(=O)c2cccc(C(F)(F)F)c2)s1)NCc1ccccc1Cl. The van der Waals surface area contributed by atoms with E-state index in [-0.39, 0.29) is 28.9 Å². The molecule has 6 nitrogen and oxygen atoms in total. The van der Waals surface area contributed by atoms with Crippen LogP contribution in [0.25, 0.3) is 0 Å². The molecule has 162 valence electrons. The van der Waals surface area contributed by atoms with Crippen LogP contribution in [0.1, 0.15) is 21.5 Å². The van der Waals surface area contributed by atoms with Crippen molar-refractivity contribution in [1.82, 2.24) is 15.5 Å². The van der Waals surface area contributed by atoms with Gasteiger partial charge in [0.1, 0.15) is 0 Å². The van der Waals surface area contributed by atoms with Gasteiger partial charge in [0, 0.05) is 17.1 Å². The quantitative estimate of drug-likeness (QED) is 0.367. The van der Waals surface area contributed by atoms with Crippen molar-refractivity contribution in [3.63, 3.8) is 0 Å². The van der Waals surface area contributed by atoms with Crippen LogP contribution in [-0.2, 0) is 17.5 Å². The van der Waals surface area contributed by atoms with E-state index in [1.54, 1.807) is 18.2 Å². The third kappa shape index (κ3) is 6.68. The Bertz CT molecular complexity index is 1090. The molecule has 1 aromatic heterocycles. The third-order valence-electron chi connectivity index (χ3n) is 3.84. The normalized spacial score (nSPS) is 11.2. The number of carbonyl (C=O) groups excluding carboxylic acids is 2. The first-order valence-corrected chi connectivity index (χ1v) is 10.9. The molecule has 2 N–H and O–H groups in total. The maximum atomic E-state index is 12.8. The van der Waals surface area contributed by atoms with Crippen molar-refractivity contribution < 1.29 is 22.8 Å². The predicted molar refractivity (Wildman–Crippen MR) is 113 cm³/mol. The van der Waals surface area contributed by atoms with Crippen LogP contribution in [0.4, 0.5) is 18.3 Å². The van der Waals surface area contributed by atoms with E-state index in [2.05, 4.69) is 20.8 Å². The molecule has 0 aliphatic rings. The highest BCUT2D eigenvalue weighted by Gasteiger charge is 2.31. The fourth-order valence-electron chi connectivity index (χ4n) is 2.34. The summed E-state index contributed by atoms with van der Waals surface area (Å²) in [7, 11) is 0. The van der Waals surface area contributed by atoms with E-state index in [0.29, 0.717) is 9.36 Å². The second-order valence-electron chi connectivity index (χ2n) is 6.06. The summed E-state index contributed by atoms with van der Waals surface area (Å²) in [4.78, 5) is 24.2. The molecule has 3 aromatic rings. The minimum Gasteiger partial charge on any atom is -0.351 e. The molecule has 0 aliphatic carbocycles. The van der Waals surface area contributed by atoms with Gasteiger partial charge in [0.15, 0.2) is 4.34 Å². The van der Waals surface area contributed by atoms with E-state index in [4.69, 9.17) is 11.6 Å². The van der Waals surface area contributed by atoms with Crippen molar-refractivity contribution in [2.24, 2.45) is 0 Å². The second-order valence-corrected chi connectivity index (χ2v) is 8.67. The number of nitrogens with zero attached hydrogens (tertiary/aromatic N) is 2. The van der Waals surface area contributed by atoms with Crippen molar-refractivity contribution in [1.29, 1.82) is 0 Å². The van der Waals surface area contributed by atoms with Gasteiger partial charge in [-0.1, -0.05) is 59.0 Å². The van der Waals surface area contributed by atoms with Gasteiger partial charge in [0.05, 0.1) is 11.3 Å². The van der Waals surface area contributed by atoms with E-state index in [0.717, 1.165) is 46.9 Å². The lowest BCUT2D eigenvalue weighted by molar-refractivity contribution is -0.137. The van der Waals surface area contributed by atoms with Crippen LogP contribution in [0, 0.1) is 0 Å². The Morgan fingerprint density at radius 2 is 1.87 bits per heavy atom. The zero-order valence-corrected chi connectivity index (χ0v) is 18.0. The summed E-state index contributed by atoms with van der Waals surface area (Å²) in [6, 6.07) is 11.2. The van der Waals surface area contributed by atoms with Crippen LogP contribution < -0.4 is 10.6 Å². The van der Waals surface area contributed by atoms with E-state index < -0.39 is 17.6 Å². The van der Waals surface area contributed by atoms with Crippen LogP contribution in [0.3, 0.4) is 0 Å². The summed E-state index contributed by atoms with van der Waals surface area (Å²) in [5.74, 6) is -0.910. The Hall–Kier alpha value is -2.63. The summed E-state index contributed by atoms with van der Waals surface area (Å²) in [6.07, 6.45) is -4.55. The molecule has 2 aromatic carbocycles. The van der Waals surface area contributed by atoms with E-state index in [1.165, 1.54) is 6.07 Å². The highest BCUT2D eigenvalue weighted by molar-refractivity contribution is 8.01. The fourth-order valence-corrected chi connectivity index (χ4v) is 4.12. The monoisotopic (exact) mass is 486 g/mol. The summed E-state index contributed by atoms with van der Waals surface area (Å²) in [5.41, 5.74) is -0.285. The molecule has 12 heteroatoms. The number of hydrogen-bond donors (Lipinski definition) is 2. The zero-order valence-electron chi connectivity index (χ0n) is 15.6. The van der Waals surface area contributed by atoms with Crippen LogP contribution in [-0.4, -0.2) is 27.8 Å². The van der Waals surface area contributed by atoms with Gasteiger partial charge in [-0.05, 0) is 29.8 Å². The largest absolute Gasteiger partial charge is 0.416 e. The van der Waals surface area contributed by atoms with Gasteiger partial charge in [-0.3, -0.25) is 14.9 Å². The molecule has 0 saturated carbocycles. The first-order valence-electron chi connectivity index (χ1n) is 8.67. The molecule has 3 rings (SSSR count). The first kappa shape index (κ1) is 23.0. The molecule has 0 bridgehead atoms. The number of aromatic nitrogens is 2. The van der Waals surface area contributed by atoms with Crippen molar-refractivity contribution in [3.8, 4) is 0 Å². The molecular formula is C19H14ClF3N4O2S2. The van der Waals surface area contributed by atoms with Gasteiger partial charge in [-0.2, -0.15) is 13.2 Å². The Labute approximate surface area is 188 Å². The van der Waals surface area contributed by atoms with Crippen LogP contribution in [0.5, 0.6) is 0 Å². The maximum absolute atomic E-state index is 12.8. The molecular weight excluding hydrogens is 473 g/mol. The van der Waals surface area contributed by atoms with Crippen molar-refractivity contribution in [3.05, 3.63) is 70.2 Å². The number of rotatable bonds is 7. The summed E-state index contributed by atoms with van der Waals surface area (Å²) in [5, 5.41) is 13.5. The average molecular weight is 487 g/mol. The summed E-state index contributed by atoms with van der Waals surface area (Å²) < 4.78 is 38.8. The van der Waals surface area contributed by atoms with Crippen LogP contribution in [0.2, 0.25) is 5.02 Å². The molecule has 0 unspecified atom stereocenters. The topological polar surface area (TPSA) is 84.0 Å². The molecule has 0 fully saturated rings. The number of benzene rings is 2. The number of thioether (sulfide) groups is 1. The first-order chi connectivity index (χ1) is 14.7. The Kier molecular flexibility index (Phi) is 7.52. The Morgan fingerprint density at radius 1 is 1.10 bits per heavy atom. The molecule has 1 heterocycles. The number of hydrogen-bond acceptors (Lipinski definition) is 6. The molecule has 2 amide bonds. The zero-order chi connectivity index (χ0) is 22.4. The number of alkyl halides is 3. The average Bonchev–Trinajstić information content (AvgIpc) is 3.18.